The van der Waals surface area contributed by atoms with E-state index in [1.165, 1.54) is 16.8 Å². The Morgan fingerprint density at radius 1 is 1.10 bits per heavy atom. The minimum absolute atomic E-state index is 0.291. The van der Waals surface area contributed by atoms with E-state index < -0.39 is 0 Å². The summed E-state index contributed by atoms with van der Waals surface area (Å²) in [6.07, 6.45) is 5.72. The van der Waals surface area contributed by atoms with Crippen molar-refractivity contribution in [1.82, 2.24) is 0 Å². The van der Waals surface area contributed by atoms with Crippen LogP contribution >= 0.6 is 15.9 Å². The van der Waals surface area contributed by atoms with E-state index in [1.807, 2.05) is 12.1 Å². The van der Waals surface area contributed by atoms with E-state index >= 15 is 0 Å². The molecule has 3 heteroatoms. The molecule has 3 unspecified atom stereocenters. The van der Waals surface area contributed by atoms with Crippen LogP contribution in [-0.4, -0.2) is 5.11 Å². The molecule has 0 radical (unpaired) electrons. The van der Waals surface area contributed by atoms with Gasteiger partial charge < -0.3 is 10.4 Å². The number of hydrogen-bond donors (Lipinski definition) is 2. The SMILES string of the molecule is Oc1ccc(C2Nc3ccc(Br)cc3C3C=CCC32)cc1. The molecule has 2 nitrogen and oxygen atoms in total. The van der Waals surface area contributed by atoms with Crippen molar-refractivity contribution in [2.24, 2.45) is 5.92 Å². The van der Waals surface area contributed by atoms with Crippen LogP contribution in [0.4, 0.5) is 5.69 Å². The van der Waals surface area contributed by atoms with Crippen LogP contribution in [0, 0.1) is 5.92 Å². The minimum Gasteiger partial charge on any atom is -0.508 e. The summed E-state index contributed by atoms with van der Waals surface area (Å²) in [5.41, 5.74) is 3.82. The van der Waals surface area contributed by atoms with Crippen LogP contribution in [0.25, 0.3) is 0 Å². The predicted molar refractivity (Wildman–Crippen MR) is 88.6 cm³/mol. The summed E-state index contributed by atoms with van der Waals surface area (Å²) >= 11 is 3.58. The number of phenols is 1. The quantitative estimate of drug-likeness (QED) is 0.717. The van der Waals surface area contributed by atoms with Crippen LogP contribution < -0.4 is 5.32 Å². The first-order valence-corrected chi connectivity index (χ1v) is 8.03. The van der Waals surface area contributed by atoms with Crippen LogP contribution in [0.2, 0.25) is 0 Å². The molecule has 0 amide bonds. The summed E-state index contributed by atoms with van der Waals surface area (Å²) in [4.78, 5) is 0. The van der Waals surface area contributed by atoms with Crippen molar-refractivity contribution in [3.8, 4) is 5.75 Å². The van der Waals surface area contributed by atoms with E-state index in [2.05, 4.69) is 51.6 Å². The fraction of sp³-hybridized carbons (Fsp3) is 0.222. The van der Waals surface area contributed by atoms with Gasteiger partial charge in [-0.1, -0.05) is 40.2 Å². The standard InChI is InChI=1S/C18H16BrNO/c19-12-6-9-17-16(10-12)14-2-1-3-15(14)18(20-17)11-4-7-13(21)8-5-11/h1-2,4-10,14-15,18,20-21H,3H2. The largest absolute Gasteiger partial charge is 0.508 e. The van der Waals surface area contributed by atoms with Crippen molar-refractivity contribution in [2.45, 2.75) is 18.4 Å². The molecule has 4 rings (SSSR count). The van der Waals surface area contributed by atoms with Gasteiger partial charge in [-0.2, -0.15) is 0 Å². The lowest BCUT2D eigenvalue weighted by Gasteiger charge is -2.37. The average molecular weight is 342 g/mol. The Hall–Kier alpha value is -1.74. The van der Waals surface area contributed by atoms with E-state index in [1.54, 1.807) is 12.1 Å². The maximum absolute atomic E-state index is 9.49. The van der Waals surface area contributed by atoms with E-state index in [0.29, 0.717) is 23.6 Å². The first-order valence-electron chi connectivity index (χ1n) is 7.24. The highest BCUT2D eigenvalue weighted by atomic mass is 79.9. The lowest BCUT2D eigenvalue weighted by atomic mass is 9.77. The summed E-state index contributed by atoms with van der Waals surface area (Å²) in [6.45, 7) is 0. The van der Waals surface area contributed by atoms with Crippen molar-refractivity contribution in [1.29, 1.82) is 0 Å². The number of anilines is 1. The Balaban J connectivity index is 1.78. The summed E-state index contributed by atoms with van der Waals surface area (Å²) in [7, 11) is 0. The molecule has 0 saturated carbocycles. The Kier molecular flexibility index (Phi) is 3.03. The van der Waals surface area contributed by atoms with Gasteiger partial charge in [-0.05, 0) is 53.8 Å². The van der Waals surface area contributed by atoms with Gasteiger partial charge in [-0.25, -0.2) is 0 Å². The van der Waals surface area contributed by atoms with E-state index in [9.17, 15) is 5.11 Å². The van der Waals surface area contributed by atoms with Crippen molar-refractivity contribution in [3.63, 3.8) is 0 Å². The average Bonchev–Trinajstić information content (AvgIpc) is 2.97. The minimum atomic E-state index is 0.291. The lowest BCUT2D eigenvalue weighted by molar-refractivity contribution is 0.424. The molecule has 0 fully saturated rings. The molecule has 21 heavy (non-hydrogen) atoms. The predicted octanol–water partition coefficient (Wildman–Crippen LogP) is 4.98. The topological polar surface area (TPSA) is 32.3 Å². The first kappa shape index (κ1) is 13.0. The maximum atomic E-state index is 9.49. The molecule has 2 aromatic carbocycles. The zero-order valence-electron chi connectivity index (χ0n) is 11.5. The fourth-order valence-corrected chi connectivity index (χ4v) is 3.96. The van der Waals surface area contributed by atoms with Gasteiger partial charge >= 0.3 is 0 Å². The van der Waals surface area contributed by atoms with Gasteiger partial charge in [-0.3, -0.25) is 0 Å². The second kappa shape index (κ2) is 4.92. The summed E-state index contributed by atoms with van der Waals surface area (Å²) < 4.78 is 1.13. The van der Waals surface area contributed by atoms with Gasteiger partial charge in [0.15, 0.2) is 0 Å². The highest BCUT2D eigenvalue weighted by Crippen LogP contribution is 2.50. The fourth-order valence-electron chi connectivity index (χ4n) is 3.58. The Bertz CT molecular complexity index is 708. The normalized spacial score (nSPS) is 26.0. The van der Waals surface area contributed by atoms with Crippen LogP contribution in [0.1, 0.15) is 29.5 Å². The van der Waals surface area contributed by atoms with Crippen molar-refractivity contribution in [3.05, 3.63) is 70.2 Å². The number of halogens is 1. The van der Waals surface area contributed by atoms with Crippen LogP contribution in [0.3, 0.4) is 0 Å². The number of allylic oxidation sites excluding steroid dienone is 2. The number of rotatable bonds is 1. The zero-order chi connectivity index (χ0) is 14.4. The van der Waals surface area contributed by atoms with Gasteiger partial charge in [0.25, 0.3) is 0 Å². The smallest absolute Gasteiger partial charge is 0.115 e. The molecule has 1 heterocycles. The number of fused-ring (bicyclic) bond motifs is 3. The van der Waals surface area contributed by atoms with Gasteiger partial charge in [0, 0.05) is 16.1 Å². The molecule has 1 aliphatic heterocycles. The van der Waals surface area contributed by atoms with Crippen LogP contribution in [-0.2, 0) is 0 Å². The summed E-state index contributed by atoms with van der Waals surface area (Å²) in [6, 6.07) is 14.3. The molecular formula is C18H16BrNO. The van der Waals surface area contributed by atoms with E-state index in [-0.39, 0.29) is 0 Å². The molecule has 2 N–H and O–H groups in total. The number of nitrogens with one attached hydrogen (secondary N) is 1. The number of phenolic OH excluding ortho intramolecular Hbond substituents is 1. The highest BCUT2D eigenvalue weighted by molar-refractivity contribution is 9.10. The lowest BCUT2D eigenvalue weighted by Crippen LogP contribution is -2.28. The maximum Gasteiger partial charge on any atom is 0.115 e. The summed E-state index contributed by atoms with van der Waals surface area (Å²) in [5.74, 6) is 1.33. The number of hydrogen-bond acceptors (Lipinski definition) is 2. The number of aromatic hydroxyl groups is 1. The second-order valence-corrected chi connectivity index (χ2v) is 6.71. The second-order valence-electron chi connectivity index (χ2n) is 5.80. The molecule has 3 atom stereocenters. The van der Waals surface area contributed by atoms with Crippen molar-refractivity contribution in [2.75, 3.05) is 5.32 Å². The van der Waals surface area contributed by atoms with Crippen molar-refractivity contribution < 1.29 is 5.11 Å². The molecule has 1 aliphatic carbocycles. The van der Waals surface area contributed by atoms with E-state index in [4.69, 9.17) is 0 Å². The first-order chi connectivity index (χ1) is 10.2. The Labute approximate surface area is 132 Å². The molecular weight excluding hydrogens is 326 g/mol. The molecule has 0 bridgehead atoms. The molecule has 0 saturated heterocycles. The highest BCUT2D eigenvalue weighted by Gasteiger charge is 2.37. The van der Waals surface area contributed by atoms with Gasteiger partial charge in [0.2, 0.25) is 0 Å². The number of benzene rings is 2. The molecule has 0 aromatic heterocycles. The zero-order valence-corrected chi connectivity index (χ0v) is 13.0. The van der Waals surface area contributed by atoms with E-state index in [0.717, 1.165) is 10.9 Å². The molecule has 2 aliphatic rings. The van der Waals surface area contributed by atoms with Crippen LogP contribution in [0.15, 0.2) is 59.1 Å². The van der Waals surface area contributed by atoms with Crippen LogP contribution in [0.5, 0.6) is 5.75 Å². The van der Waals surface area contributed by atoms with Gasteiger partial charge in [0.05, 0.1) is 6.04 Å². The third-order valence-corrected chi connectivity index (χ3v) is 5.07. The third kappa shape index (κ3) is 2.16. The molecule has 2 aromatic rings. The van der Waals surface area contributed by atoms with Gasteiger partial charge in [0.1, 0.15) is 5.75 Å². The molecule has 0 spiro atoms. The Morgan fingerprint density at radius 3 is 2.71 bits per heavy atom. The Morgan fingerprint density at radius 2 is 1.90 bits per heavy atom. The molecule has 106 valence electrons. The van der Waals surface area contributed by atoms with Gasteiger partial charge in [-0.15, -0.1) is 0 Å². The van der Waals surface area contributed by atoms with Crippen molar-refractivity contribution >= 4 is 21.6 Å². The summed E-state index contributed by atoms with van der Waals surface area (Å²) in [5, 5.41) is 13.2. The monoisotopic (exact) mass is 341 g/mol. The third-order valence-electron chi connectivity index (χ3n) is 4.58.